The summed E-state index contributed by atoms with van der Waals surface area (Å²) in [6.45, 7) is 0. The van der Waals surface area contributed by atoms with E-state index in [0.29, 0.717) is 0 Å². The van der Waals surface area contributed by atoms with E-state index >= 15 is 0 Å². The van der Waals surface area contributed by atoms with Crippen LogP contribution in [0.4, 0.5) is 5.69 Å². The van der Waals surface area contributed by atoms with Crippen LogP contribution in [0.3, 0.4) is 0 Å². The number of para-hydroxylation sites is 1. The molecule has 1 aromatic carbocycles. The van der Waals surface area contributed by atoms with Crippen LogP contribution in [0.2, 0.25) is 0 Å². The molecule has 7 heteroatoms. The van der Waals surface area contributed by atoms with Crippen LogP contribution >= 0.6 is 10.7 Å². The van der Waals surface area contributed by atoms with Gasteiger partial charge in [0.2, 0.25) is 5.91 Å². The van der Waals surface area contributed by atoms with Gasteiger partial charge in [0.15, 0.2) is 0 Å². The number of hydrogen-bond donors (Lipinski definition) is 1. The number of amides is 1. The van der Waals surface area contributed by atoms with Gasteiger partial charge in [0, 0.05) is 10.7 Å². The van der Waals surface area contributed by atoms with Crippen LogP contribution in [0, 0.1) is 11.3 Å². The van der Waals surface area contributed by atoms with Crippen molar-refractivity contribution in [2.75, 3.05) is 5.32 Å². The summed E-state index contributed by atoms with van der Waals surface area (Å²) in [7, 11) is 1.26. The van der Waals surface area contributed by atoms with Crippen molar-refractivity contribution < 1.29 is 13.2 Å². The number of hydrogen-bond acceptors (Lipinski definition) is 4. The Morgan fingerprint density at radius 1 is 1.44 bits per heavy atom. The summed E-state index contributed by atoms with van der Waals surface area (Å²) in [5, 5.41) is 10.6. The standard InChI is InChI=1S/C9H7ClN2O3S/c10-16(14,15)8-4-2-1-3-7(8)12-9(13)5-6-11/h1-4H,5H2,(H,12,13). The Morgan fingerprint density at radius 2 is 2.06 bits per heavy atom. The highest BCUT2D eigenvalue weighted by atomic mass is 35.7. The van der Waals surface area contributed by atoms with E-state index in [0.717, 1.165) is 0 Å². The highest BCUT2D eigenvalue weighted by molar-refractivity contribution is 8.13. The quantitative estimate of drug-likeness (QED) is 0.832. The third kappa shape index (κ3) is 3.22. The number of rotatable bonds is 3. The number of carbonyl (C=O) groups is 1. The highest BCUT2D eigenvalue weighted by Gasteiger charge is 2.16. The first-order chi connectivity index (χ1) is 7.45. The Bertz CT molecular complexity index is 548. The second kappa shape index (κ2) is 4.96. The molecule has 0 aromatic heterocycles. The van der Waals surface area contributed by atoms with Crippen LogP contribution in [-0.4, -0.2) is 14.3 Å². The zero-order valence-electron chi connectivity index (χ0n) is 7.97. The lowest BCUT2D eigenvalue weighted by atomic mass is 10.3. The average molecular weight is 259 g/mol. The molecule has 16 heavy (non-hydrogen) atoms. The highest BCUT2D eigenvalue weighted by Crippen LogP contribution is 2.24. The summed E-state index contributed by atoms with van der Waals surface area (Å²) in [5.74, 6) is -0.588. The summed E-state index contributed by atoms with van der Waals surface area (Å²) in [6, 6.07) is 7.34. The number of benzene rings is 1. The summed E-state index contributed by atoms with van der Waals surface area (Å²) < 4.78 is 22.3. The molecule has 1 aromatic rings. The Balaban J connectivity index is 3.07. The fraction of sp³-hybridized carbons (Fsp3) is 0.111. The molecule has 0 saturated heterocycles. The van der Waals surface area contributed by atoms with E-state index in [1.807, 2.05) is 0 Å². The molecule has 1 amide bonds. The van der Waals surface area contributed by atoms with Gasteiger partial charge in [-0.3, -0.25) is 4.79 Å². The second-order valence-electron chi connectivity index (χ2n) is 2.82. The van der Waals surface area contributed by atoms with Gasteiger partial charge in [0.1, 0.15) is 11.3 Å². The number of anilines is 1. The molecule has 0 fully saturated rings. The first kappa shape index (κ1) is 12.5. The van der Waals surface area contributed by atoms with Gasteiger partial charge >= 0.3 is 0 Å². The van der Waals surface area contributed by atoms with Gasteiger partial charge in [-0.1, -0.05) is 12.1 Å². The molecule has 1 N–H and O–H groups in total. The lowest BCUT2D eigenvalue weighted by Crippen LogP contribution is -2.12. The van der Waals surface area contributed by atoms with Gasteiger partial charge in [0.05, 0.1) is 11.8 Å². The first-order valence-corrected chi connectivity index (χ1v) is 6.46. The first-order valence-electron chi connectivity index (χ1n) is 4.15. The van der Waals surface area contributed by atoms with Gasteiger partial charge < -0.3 is 5.32 Å². The monoisotopic (exact) mass is 258 g/mol. The molecule has 84 valence electrons. The van der Waals surface area contributed by atoms with Crippen LogP contribution in [-0.2, 0) is 13.8 Å². The minimum Gasteiger partial charge on any atom is -0.324 e. The Morgan fingerprint density at radius 3 is 2.62 bits per heavy atom. The maximum atomic E-state index is 11.1. The normalized spacial score (nSPS) is 10.5. The fourth-order valence-electron chi connectivity index (χ4n) is 1.05. The molecule has 0 spiro atoms. The molecular weight excluding hydrogens is 252 g/mol. The van der Waals surface area contributed by atoms with Gasteiger partial charge in [-0.05, 0) is 12.1 Å². The van der Waals surface area contributed by atoms with Crippen molar-refractivity contribution in [1.82, 2.24) is 0 Å². The van der Waals surface area contributed by atoms with Crippen molar-refractivity contribution in [3.8, 4) is 6.07 Å². The number of nitriles is 1. The maximum absolute atomic E-state index is 11.1. The molecule has 0 saturated carbocycles. The summed E-state index contributed by atoms with van der Waals surface area (Å²) in [5.41, 5.74) is 0.0674. The molecule has 0 bridgehead atoms. The van der Waals surface area contributed by atoms with E-state index in [9.17, 15) is 13.2 Å². The lowest BCUT2D eigenvalue weighted by Gasteiger charge is -2.06. The van der Waals surface area contributed by atoms with Gasteiger partial charge in [-0.25, -0.2) is 8.42 Å². The zero-order chi connectivity index (χ0) is 12.2. The van der Waals surface area contributed by atoms with Gasteiger partial charge in [-0.2, -0.15) is 5.26 Å². The van der Waals surface area contributed by atoms with E-state index in [-0.39, 0.29) is 17.0 Å². The molecule has 0 aliphatic carbocycles. The van der Waals surface area contributed by atoms with Crippen LogP contribution in [0.15, 0.2) is 29.2 Å². The van der Waals surface area contributed by atoms with Crippen molar-refractivity contribution in [3.05, 3.63) is 24.3 Å². The minimum absolute atomic E-state index is 0.0674. The van der Waals surface area contributed by atoms with E-state index in [4.69, 9.17) is 15.9 Å². The Kier molecular flexibility index (Phi) is 3.88. The molecule has 0 aliphatic heterocycles. The summed E-state index contributed by atoms with van der Waals surface area (Å²) in [4.78, 5) is 10.9. The van der Waals surface area contributed by atoms with Crippen LogP contribution in [0.1, 0.15) is 6.42 Å². The number of halogens is 1. The fourth-order valence-corrected chi connectivity index (χ4v) is 2.08. The molecular formula is C9H7ClN2O3S. The molecule has 0 aliphatic rings. The van der Waals surface area contributed by atoms with E-state index < -0.39 is 15.0 Å². The molecule has 0 atom stereocenters. The third-order valence-electron chi connectivity index (χ3n) is 1.66. The lowest BCUT2D eigenvalue weighted by molar-refractivity contribution is -0.115. The van der Waals surface area contributed by atoms with E-state index in [1.165, 1.54) is 18.2 Å². The van der Waals surface area contributed by atoms with Crippen molar-refractivity contribution in [1.29, 1.82) is 5.26 Å². The molecule has 1 rings (SSSR count). The van der Waals surface area contributed by atoms with Gasteiger partial charge in [-0.15, -0.1) is 0 Å². The molecule has 0 radical (unpaired) electrons. The number of nitrogens with one attached hydrogen (secondary N) is 1. The summed E-state index contributed by atoms with van der Waals surface area (Å²) >= 11 is 0. The number of carbonyl (C=O) groups excluding carboxylic acids is 1. The van der Waals surface area contributed by atoms with Crippen molar-refractivity contribution in [2.45, 2.75) is 11.3 Å². The second-order valence-corrected chi connectivity index (χ2v) is 5.35. The molecule has 5 nitrogen and oxygen atoms in total. The molecule has 0 heterocycles. The van der Waals surface area contributed by atoms with Crippen molar-refractivity contribution >= 4 is 31.3 Å². The van der Waals surface area contributed by atoms with Gasteiger partial charge in [0.25, 0.3) is 9.05 Å². The predicted molar refractivity (Wildman–Crippen MR) is 58.3 cm³/mol. The number of nitrogens with zero attached hydrogens (tertiary/aromatic N) is 1. The largest absolute Gasteiger partial charge is 0.324 e. The van der Waals surface area contributed by atoms with E-state index in [1.54, 1.807) is 12.1 Å². The Hall–Kier alpha value is -1.58. The minimum atomic E-state index is -3.92. The smallest absolute Gasteiger partial charge is 0.263 e. The summed E-state index contributed by atoms with van der Waals surface area (Å²) in [6.07, 6.45) is -0.351. The van der Waals surface area contributed by atoms with Crippen LogP contribution < -0.4 is 5.32 Å². The third-order valence-corrected chi connectivity index (χ3v) is 3.04. The molecule has 0 unspecified atom stereocenters. The SMILES string of the molecule is N#CCC(=O)Nc1ccccc1S(=O)(=O)Cl. The van der Waals surface area contributed by atoms with Crippen molar-refractivity contribution in [2.24, 2.45) is 0 Å². The maximum Gasteiger partial charge on any atom is 0.263 e. The topological polar surface area (TPSA) is 87.0 Å². The predicted octanol–water partition coefficient (Wildman–Crippen LogP) is 1.47. The Labute approximate surface area is 97.1 Å². The van der Waals surface area contributed by atoms with E-state index in [2.05, 4.69) is 5.32 Å². The zero-order valence-corrected chi connectivity index (χ0v) is 9.55. The average Bonchev–Trinajstić information content (AvgIpc) is 2.17. The van der Waals surface area contributed by atoms with Crippen LogP contribution in [0.5, 0.6) is 0 Å². The van der Waals surface area contributed by atoms with Crippen LogP contribution in [0.25, 0.3) is 0 Å². The van der Waals surface area contributed by atoms with Crippen molar-refractivity contribution in [3.63, 3.8) is 0 Å².